The standard InChI is InChI=1S/C39H43NO5/c1-4-29(3)28-44-39(42)34-16-14-32(15-17-34)33-18-24-36(25-19-33)43-26-8-6-7-9-38(41)45-37-22-12-31(13-23-37)27-40-35-20-10-30(5-2)11-21-35/h10-25,27,29H,4-9,26,28H2,1-3H3. The SMILES string of the molecule is CCc1ccc(N=Cc2ccc(OC(=O)CCCCCOc3ccc(-c4ccc(C(=O)OCC(C)CC)cc4)cc3)cc2)cc1. The fourth-order valence-corrected chi connectivity index (χ4v) is 4.47. The fraction of sp³-hybridized carbons (Fsp3) is 0.308. The molecule has 0 heterocycles. The van der Waals surface area contributed by atoms with E-state index in [1.165, 1.54) is 5.56 Å². The number of esters is 2. The van der Waals surface area contributed by atoms with Crippen LogP contribution in [0.15, 0.2) is 102 Å². The third kappa shape index (κ3) is 11.1. The molecule has 0 saturated carbocycles. The molecule has 6 nitrogen and oxygen atoms in total. The number of aryl methyl sites for hydroxylation is 1. The first-order chi connectivity index (χ1) is 21.9. The quantitative estimate of drug-likeness (QED) is 0.0550. The van der Waals surface area contributed by atoms with Crippen LogP contribution in [0.4, 0.5) is 5.69 Å². The van der Waals surface area contributed by atoms with Crippen molar-refractivity contribution in [3.8, 4) is 22.6 Å². The molecule has 234 valence electrons. The molecule has 0 spiro atoms. The smallest absolute Gasteiger partial charge is 0.338 e. The predicted molar refractivity (Wildman–Crippen MR) is 181 cm³/mol. The van der Waals surface area contributed by atoms with Crippen molar-refractivity contribution in [2.45, 2.75) is 59.3 Å². The average molecular weight is 606 g/mol. The lowest BCUT2D eigenvalue weighted by molar-refractivity contribution is -0.134. The molecule has 0 N–H and O–H groups in total. The summed E-state index contributed by atoms with van der Waals surface area (Å²) in [5.41, 5.74) is 5.75. The van der Waals surface area contributed by atoms with Gasteiger partial charge in [0.15, 0.2) is 0 Å². The van der Waals surface area contributed by atoms with Gasteiger partial charge in [0.05, 0.1) is 24.5 Å². The summed E-state index contributed by atoms with van der Waals surface area (Å²) in [6, 6.07) is 30.9. The Hall–Kier alpha value is -4.71. The topological polar surface area (TPSA) is 74.2 Å². The third-order valence-electron chi connectivity index (χ3n) is 7.62. The maximum Gasteiger partial charge on any atom is 0.338 e. The van der Waals surface area contributed by atoms with E-state index in [1.54, 1.807) is 30.5 Å². The van der Waals surface area contributed by atoms with Crippen LogP contribution in [-0.4, -0.2) is 31.4 Å². The highest BCUT2D eigenvalue weighted by Gasteiger charge is 2.10. The van der Waals surface area contributed by atoms with Crippen LogP contribution in [0.5, 0.6) is 11.5 Å². The van der Waals surface area contributed by atoms with Crippen LogP contribution in [-0.2, 0) is 16.0 Å². The third-order valence-corrected chi connectivity index (χ3v) is 7.62. The molecular formula is C39H43NO5. The summed E-state index contributed by atoms with van der Waals surface area (Å²) in [7, 11) is 0. The van der Waals surface area contributed by atoms with Crippen molar-refractivity contribution >= 4 is 23.8 Å². The Morgan fingerprint density at radius 3 is 2.04 bits per heavy atom. The molecule has 0 radical (unpaired) electrons. The van der Waals surface area contributed by atoms with Gasteiger partial charge in [-0.05, 0) is 115 Å². The molecule has 45 heavy (non-hydrogen) atoms. The largest absolute Gasteiger partial charge is 0.494 e. The molecule has 0 saturated heterocycles. The second kappa shape index (κ2) is 17.6. The molecule has 0 aromatic heterocycles. The van der Waals surface area contributed by atoms with Crippen LogP contribution in [0.3, 0.4) is 0 Å². The van der Waals surface area contributed by atoms with Gasteiger partial charge in [-0.2, -0.15) is 0 Å². The van der Waals surface area contributed by atoms with Crippen molar-refractivity contribution < 1.29 is 23.8 Å². The Bertz CT molecular complexity index is 1510. The number of carbonyl (C=O) groups excluding carboxylic acids is 2. The van der Waals surface area contributed by atoms with Gasteiger partial charge in [-0.15, -0.1) is 0 Å². The van der Waals surface area contributed by atoms with Crippen molar-refractivity contribution in [1.29, 1.82) is 0 Å². The van der Waals surface area contributed by atoms with Gasteiger partial charge in [0.2, 0.25) is 0 Å². The first kappa shape index (κ1) is 33.2. The van der Waals surface area contributed by atoms with Crippen LogP contribution in [0.2, 0.25) is 0 Å². The first-order valence-corrected chi connectivity index (χ1v) is 15.9. The zero-order valence-electron chi connectivity index (χ0n) is 26.5. The van der Waals surface area contributed by atoms with Crippen LogP contribution in [0.25, 0.3) is 11.1 Å². The Balaban J connectivity index is 1.10. The van der Waals surface area contributed by atoms with E-state index in [0.29, 0.717) is 36.9 Å². The van der Waals surface area contributed by atoms with E-state index in [1.807, 2.05) is 60.7 Å². The number of rotatable bonds is 16. The number of benzene rings is 4. The van der Waals surface area contributed by atoms with Gasteiger partial charge in [0, 0.05) is 12.6 Å². The van der Waals surface area contributed by atoms with Gasteiger partial charge in [0.25, 0.3) is 0 Å². The maximum absolute atomic E-state index is 12.3. The Morgan fingerprint density at radius 1 is 0.756 bits per heavy atom. The average Bonchev–Trinajstić information content (AvgIpc) is 3.08. The van der Waals surface area contributed by atoms with Gasteiger partial charge in [-0.3, -0.25) is 9.79 Å². The summed E-state index contributed by atoms with van der Waals surface area (Å²) in [6.45, 7) is 7.29. The van der Waals surface area contributed by atoms with E-state index in [4.69, 9.17) is 14.2 Å². The van der Waals surface area contributed by atoms with E-state index in [-0.39, 0.29) is 11.9 Å². The molecule has 0 amide bonds. The zero-order chi connectivity index (χ0) is 31.9. The van der Waals surface area contributed by atoms with E-state index in [0.717, 1.165) is 60.2 Å². The second-order valence-electron chi connectivity index (χ2n) is 11.2. The second-order valence-corrected chi connectivity index (χ2v) is 11.2. The van der Waals surface area contributed by atoms with Crippen molar-refractivity contribution in [3.63, 3.8) is 0 Å². The van der Waals surface area contributed by atoms with Gasteiger partial charge < -0.3 is 14.2 Å². The summed E-state index contributed by atoms with van der Waals surface area (Å²) in [4.78, 5) is 29.0. The minimum absolute atomic E-state index is 0.236. The summed E-state index contributed by atoms with van der Waals surface area (Å²) < 4.78 is 16.8. The van der Waals surface area contributed by atoms with Crippen LogP contribution < -0.4 is 9.47 Å². The zero-order valence-corrected chi connectivity index (χ0v) is 26.5. The van der Waals surface area contributed by atoms with Crippen molar-refractivity contribution in [1.82, 2.24) is 0 Å². The summed E-state index contributed by atoms with van der Waals surface area (Å²) in [5.74, 6) is 1.16. The molecule has 4 aromatic rings. The molecule has 4 rings (SSSR count). The normalized spacial score (nSPS) is 11.7. The minimum atomic E-state index is -0.288. The van der Waals surface area contributed by atoms with Gasteiger partial charge in [-0.1, -0.05) is 63.6 Å². The highest BCUT2D eigenvalue weighted by Crippen LogP contribution is 2.24. The molecule has 0 aliphatic heterocycles. The molecule has 4 aromatic carbocycles. The Labute approximate surface area is 267 Å². The van der Waals surface area contributed by atoms with E-state index < -0.39 is 0 Å². The van der Waals surface area contributed by atoms with Crippen molar-refractivity contribution in [2.24, 2.45) is 10.9 Å². The molecule has 1 atom stereocenters. The molecular weight excluding hydrogens is 562 g/mol. The summed E-state index contributed by atoms with van der Waals surface area (Å²) in [6.07, 6.45) is 6.61. The minimum Gasteiger partial charge on any atom is -0.494 e. The number of hydrogen-bond acceptors (Lipinski definition) is 6. The summed E-state index contributed by atoms with van der Waals surface area (Å²) in [5, 5.41) is 0. The molecule has 1 unspecified atom stereocenters. The lowest BCUT2D eigenvalue weighted by Gasteiger charge is -2.10. The van der Waals surface area contributed by atoms with Crippen molar-refractivity contribution in [3.05, 3.63) is 114 Å². The molecule has 0 aliphatic rings. The van der Waals surface area contributed by atoms with Gasteiger partial charge >= 0.3 is 11.9 Å². The Morgan fingerprint density at radius 2 is 1.40 bits per heavy atom. The van der Waals surface area contributed by atoms with E-state index in [9.17, 15) is 9.59 Å². The first-order valence-electron chi connectivity index (χ1n) is 15.9. The number of aliphatic imine (C=N–C) groups is 1. The molecule has 0 fully saturated rings. The van der Waals surface area contributed by atoms with E-state index >= 15 is 0 Å². The lowest BCUT2D eigenvalue weighted by atomic mass is 10.0. The molecule has 6 heteroatoms. The van der Waals surface area contributed by atoms with Crippen molar-refractivity contribution in [2.75, 3.05) is 13.2 Å². The number of nitrogens with zero attached hydrogens (tertiary/aromatic N) is 1. The predicted octanol–water partition coefficient (Wildman–Crippen LogP) is 9.41. The highest BCUT2D eigenvalue weighted by molar-refractivity contribution is 5.90. The lowest BCUT2D eigenvalue weighted by Crippen LogP contribution is -2.11. The number of hydrogen-bond donors (Lipinski definition) is 0. The number of ether oxygens (including phenoxy) is 3. The molecule has 0 bridgehead atoms. The van der Waals surface area contributed by atoms with Crippen LogP contribution in [0, 0.1) is 5.92 Å². The van der Waals surface area contributed by atoms with E-state index in [2.05, 4.69) is 37.9 Å². The highest BCUT2D eigenvalue weighted by atomic mass is 16.5. The van der Waals surface area contributed by atoms with Crippen LogP contribution in [0.1, 0.15) is 74.4 Å². The van der Waals surface area contributed by atoms with Crippen LogP contribution >= 0.6 is 0 Å². The number of carbonyl (C=O) groups is 2. The molecule has 0 aliphatic carbocycles. The summed E-state index contributed by atoms with van der Waals surface area (Å²) >= 11 is 0. The monoisotopic (exact) mass is 605 g/mol. The van der Waals surface area contributed by atoms with Gasteiger partial charge in [0.1, 0.15) is 11.5 Å². The Kier molecular flexibility index (Phi) is 12.9. The fourth-order valence-electron chi connectivity index (χ4n) is 4.47. The number of unbranched alkanes of at least 4 members (excludes halogenated alkanes) is 2. The van der Waals surface area contributed by atoms with Gasteiger partial charge in [-0.25, -0.2) is 4.79 Å². The maximum atomic E-state index is 12.3.